The van der Waals surface area contributed by atoms with Crippen LogP contribution in [0.5, 0.6) is 0 Å². The number of hydrogen-bond acceptors (Lipinski definition) is 3. The van der Waals surface area contributed by atoms with Crippen LogP contribution in [0.4, 0.5) is 0 Å². The Morgan fingerprint density at radius 2 is 2.13 bits per heavy atom. The van der Waals surface area contributed by atoms with Crippen molar-refractivity contribution in [2.75, 3.05) is 19.6 Å². The lowest BCUT2D eigenvalue weighted by atomic mass is 9.86. The highest BCUT2D eigenvalue weighted by Crippen LogP contribution is 2.45. The van der Waals surface area contributed by atoms with E-state index >= 15 is 0 Å². The van der Waals surface area contributed by atoms with Gasteiger partial charge >= 0.3 is 0 Å². The second kappa shape index (κ2) is 8.65. The van der Waals surface area contributed by atoms with Crippen molar-refractivity contribution in [1.82, 2.24) is 15.2 Å². The maximum atomic E-state index is 4.85. The molecule has 1 aliphatic carbocycles. The summed E-state index contributed by atoms with van der Waals surface area (Å²) in [7, 11) is 0. The van der Waals surface area contributed by atoms with E-state index in [0.717, 1.165) is 30.5 Å². The number of aliphatic imine (C=N–C) groups is 1. The third-order valence-electron chi connectivity index (χ3n) is 5.05. The molecule has 0 bridgehead atoms. The van der Waals surface area contributed by atoms with E-state index in [1.807, 2.05) is 6.20 Å². The molecule has 1 saturated carbocycles. The lowest BCUT2D eigenvalue weighted by Gasteiger charge is -2.25. The number of halogens is 1. The van der Waals surface area contributed by atoms with Gasteiger partial charge in [0.2, 0.25) is 0 Å². The average molecular weight is 448 g/mol. The van der Waals surface area contributed by atoms with Crippen molar-refractivity contribution < 1.29 is 0 Å². The van der Waals surface area contributed by atoms with Gasteiger partial charge in [0.05, 0.1) is 6.54 Å². The third kappa shape index (κ3) is 4.59. The molecule has 2 aliphatic rings. The second-order valence-corrected chi connectivity index (χ2v) is 7.82. The number of hydrogen-bond donors (Lipinski definition) is 1. The number of thiazole rings is 1. The van der Waals surface area contributed by atoms with Gasteiger partial charge in [0.1, 0.15) is 5.01 Å². The van der Waals surface area contributed by atoms with Crippen LogP contribution in [0.25, 0.3) is 0 Å². The van der Waals surface area contributed by atoms with Crippen LogP contribution >= 0.6 is 35.3 Å². The molecule has 1 N–H and O–H groups in total. The quantitative estimate of drug-likeness (QED) is 0.429. The minimum Gasteiger partial charge on any atom is -0.357 e. The molecule has 0 radical (unpaired) electrons. The lowest BCUT2D eigenvalue weighted by Crippen LogP contribution is -2.41. The van der Waals surface area contributed by atoms with Crippen LogP contribution in [0.15, 0.2) is 11.2 Å². The van der Waals surface area contributed by atoms with Gasteiger partial charge in [-0.2, -0.15) is 0 Å². The molecule has 130 valence electrons. The average Bonchev–Trinajstić information content (AvgIpc) is 3.26. The molecule has 1 aromatic rings. The monoisotopic (exact) mass is 448 g/mol. The van der Waals surface area contributed by atoms with Gasteiger partial charge in [-0.3, -0.25) is 0 Å². The summed E-state index contributed by atoms with van der Waals surface area (Å²) in [6.07, 6.45) is 10.1. The molecule has 0 amide bonds. The molecule has 1 aliphatic heterocycles. The smallest absolute Gasteiger partial charge is 0.194 e. The van der Waals surface area contributed by atoms with Gasteiger partial charge in [-0.05, 0) is 38.0 Å². The van der Waals surface area contributed by atoms with Crippen LogP contribution in [0, 0.1) is 5.41 Å². The second-order valence-electron chi connectivity index (χ2n) is 6.62. The lowest BCUT2D eigenvalue weighted by molar-refractivity contribution is 0.309. The summed E-state index contributed by atoms with van der Waals surface area (Å²) in [5.74, 6) is 1.08. The fourth-order valence-electron chi connectivity index (χ4n) is 3.80. The topological polar surface area (TPSA) is 40.5 Å². The Kier molecular flexibility index (Phi) is 7.13. The van der Waals surface area contributed by atoms with Crippen molar-refractivity contribution in [3.05, 3.63) is 16.1 Å². The van der Waals surface area contributed by atoms with Gasteiger partial charge in [0, 0.05) is 30.7 Å². The Hall–Kier alpha value is -0.370. The standard InChI is InChI=1S/C17H28N4S.HI/c1-3-14-11-19-15(22-14)12-20-16(18-4-2)21-10-9-17(13-21)7-5-6-8-17;/h11H,3-10,12-13H2,1-2H3,(H,18,20);1H. The number of aryl methyl sites for hydroxylation is 1. The molecule has 2 heterocycles. The molecular weight excluding hydrogens is 419 g/mol. The van der Waals surface area contributed by atoms with E-state index in [2.05, 4.69) is 29.0 Å². The van der Waals surface area contributed by atoms with Gasteiger partial charge in [0.15, 0.2) is 5.96 Å². The van der Waals surface area contributed by atoms with Crippen molar-refractivity contribution in [3.63, 3.8) is 0 Å². The Morgan fingerprint density at radius 3 is 2.78 bits per heavy atom. The predicted molar refractivity (Wildman–Crippen MR) is 109 cm³/mol. The van der Waals surface area contributed by atoms with Crippen LogP contribution in [0.3, 0.4) is 0 Å². The van der Waals surface area contributed by atoms with E-state index in [0.29, 0.717) is 12.0 Å². The number of nitrogens with zero attached hydrogens (tertiary/aromatic N) is 3. The molecule has 1 spiro atoms. The highest BCUT2D eigenvalue weighted by molar-refractivity contribution is 14.0. The molecule has 1 aromatic heterocycles. The summed E-state index contributed by atoms with van der Waals surface area (Å²) in [6.45, 7) is 8.31. The van der Waals surface area contributed by atoms with Crippen molar-refractivity contribution >= 4 is 41.3 Å². The SMILES string of the molecule is CCNC(=NCc1ncc(CC)s1)N1CCC2(CCCC2)C1.I. The van der Waals surface area contributed by atoms with Crippen molar-refractivity contribution in [3.8, 4) is 0 Å². The van der Waals surface area contributed by atoms with E-state index < -0.39 is 0 Å². The Bertz CT molecular complexity index is 522. The number of rotatable bonds is 4. The van der Waals surface area contributed by atoms with E-state index in [9.17, 15) is 0 Å². The fraction of sp³-hybridized carbons (Fsp3) is 0.765. The van der Waals surface area contributed by atoms with Crippen LogP contribution in [0.2, 0.25) is 0 Å². The Morgan fingerprint density at radius 1 is 1.35 bits per heavy atom. The van der Waals surface area contributed by atoms with E-state index in [4.69, 9.17) is 4.99 Å². The van der Waals surface area contributed by atoms with E-state index in [-0.39, 0.29) is 24.0 Å². The van der Waals surface area contributed by atoms with Crippen LogP contribution in [-0.4, -0.2) is 35.5 Å². The van der Waals surface area contributed by atoms with Gasteiger partial charge < -0.3 is 10.2 Å². The summed E-state index contributed by atoms with van der Waals surface area (Å²) >= 11 is 1.79. The minimum atomic E-state index is 0. The molecule has 1 saturated heterocycles. The van der Waals surface area contributed by atoms with Crippen LogP contribution in [0.1, 0.15) is 55.8 Å². The van der Waals surface area contributed by atoms with Gasteiger partial charge in [-0.1, -0.05) is 19.8 Å². The maximum absolute atomic E-state index is 4.85. The van der Waals surface area contributed by atoms with Crippen LogP contribution < -0.4 is 5.32 Å². The summed E-state index contributed by atoms with van der Waals surface area (Å²) in [4.78, 5) is 13.2. The van der Waals surface area contributed by atoms with Gasteiger partial charge in [-0.15, -0.1) is 35.3 Å². The molecule has 0 aromatic carbocycles. The normalized spacial score (nSPS) is 20.1. The van der Waals surface area contributed by atoms with Gasteiger partial charge in [-0.25, -0.2) is 9.98 Å². The fourth-order valence-corrected chi connectivity index (χ4v) is 4.59. The summed E-state index contributed by atoms with van der Waals surface area (Å²) in [6, 6.07) is 0. The summed E-state index contributed by atoms with van der Waals surface area (Å²) < 4.78 is 0. The predicted octanol–water partition coefficient (Wildman–Crippen LogP) is 4.06. The van der Waals surface area contributed by atoms with Crippen molar-refractivity contribution in [1.29, 1.82) is 0 Å². The van der Waals surface area contributed by atoms with Gasteiger partial charge in [0.25, 0.3) is 0 Å². The van der Waals surface area contributed by atoms with Crippen molar-refractivity contribution in [2.45, 2.75) is 58.9 Å². The zero-order valence-electron chi connectivity index (χ0n) is 14.3. The number of nitrogens with one attached hydrogen (secondary N) is 1. The molecule has 4 nitrogen and oxygen atoms in total. The first-order valence-corrected chi connectivity index (χ1v) is 9.53. The molecule has 0 atom stereocenters. The minimum absolute atomic E-state index is 0. The van der Waals surface area contributed by atoms with Crippen molar-refractivity contribution in [2.24, 2.45) is 10.4 Å². The van der Waals surface area contributed by atoms with Crippen LogP contribution in [-0.2, 0) is 13.0 Å². The molecular formula is C17H29IN4S. The molecule has 0 unspecified atom stereocenters. The Balaban J connectivity index is 0.00000192. The third-order valence-corrected chi connectivity index (χ3v) is 6.18. The van der Waals surface area contributed by atoms with E-state index in [1.54, 1.807) is 11.3 Å². The number of likely N-dealkylation sites (tertiary alicyclic amines) is 1. The first kappa shape index (κ1) is 19.0. The number of aromatic nitrogens is 1. The largest absolute Gasteiger partial charge is 0.357 e. The highest BCUT2D eigenvalue weighted by atomic mass is 127. The summed E-state index contributed by atoms with van der Waals surface area (Å²) in [5, 5.41) is 4.60. The molecule has 23 heavy (non-hydrogen) atoms. The highest BCUT2D eigenvalue weighted by Gasteiger charge is 2.41. The zero-order valence-corrected chi connectivity index (χ0v) is 17.5. The number of guanidine groups is 1. The molecule has 6 heteroatoms. The first-order chi connectivity index (χ1) is 10.7. The maximum Gasteiger partial charge on any atom is 0.194 e. The van der Waals surface area contributed by atoms with E-state index in [1.165, 1.54) is 43.5 Å². The summed E-state index contributed by atoms with van der Waals surface area (Å²) in [5.41, 5.74) is 0.590. The molecule has 2 fully saturated rings. The molecule has 3 rings (SSSR count). The first-order valence-electron chi connectivity index (χ1n) is 8.71. The Labute approximate surface area is 161 Å². The zero-order chi connectivity index (χ0) is 15.4.